The number of halogens is 2. The van der Waals surface area contributed by atoms with Crippen molar-refractivity contribution < 1.29 is 13.2 Å². The minimum Gasteiger partial charge on any atom is -0.349 e. The maximum atomic E-state index is 12.4. The van der Waals surface area contributed by atoms with Gasteiger partial charge in [-0.3, -0.25) is 9.52 Å². The van der Waals surface area contributed by atoms with Gasteiger partial charge in [-0.1, -0.05) is 37.0 Å². The van der Waals surface area contributed by atoms with Gasteiger partial charge in [-0.15, -0.1) is 0 Å². The first-order valence-electron chi connectivity index (χ1n) is 8.15. The van der Waals surface area contributed by atoms with Gasteiger partial charge in [-0.25, -0.2) is 8.42 Å². The smallest absolute Gasteiger partial charge is 0.261 e. The number of amides is 1. The topological polar surface area (TPSA) is 75.3 Å². The molecule has 0 fully saturated rings. The molecule has 0 aromatic heterocycles. The summed E-state index contributed by atoms with van der Waals surface area (Å²) in [5.41, 5.74) is 0.567. The summed E-state index contributed by atoms with van der Waals surface area (Å²) in [5, 5.41) is 3.51. The monoisotopic (exact) mass is 414 g/mol. The molecule has 140 valence electrons. The molecular formula is C18H20Cl2N2O3S. The van der Waals surface area contributed by atoms with Crippen LogP contribution in [-0.4, -0.2) is 20.4 Å². The van der Waals surface area contributed by atoms with Crippen molar-refractivity contribution >= 4 is 44.8 Å². The van der Waals surface area contributed by atoms with Gasteiger partial charge in [0.15, 0.2) is 0 Å². The Morgan fingerprint density at radius 3 is 2.19 bits per heavy atom. The zero-order valence-corrected chi connectivity index (χ0v) is 16.8. The molecule has 2 aromatic rings. The summed E-state index contributed by atoms with van der Waals surface area (Å²) in [6.45, 7) is 3.98. The third-order valence-electron chi connectivity index (χ3n) is 3.91. The largest absolute Gasteiger partial charge is 0.349 e. The number of rotatable bonds is 7. The van der Waals surface area contributed by atoms with Crippen molar-refractivity contribution in [1.29, 1.82) is 0 Å². The van der Waals surface area contributed by atoms with Crippen LogP contribution in [0.4, 0.5) is 5.69 Å². The highest BCUT2D eigenvalue weighted by Crippen LogP contribution is 2.24. The number of anilines is 1. The SMILES string of the molecule is CCC(CC)NC(=O)c1ccc(NS(=O)(=O)c2ccc(Cl)cc2)cc1Cl. The van der Waals surface area contributed by atoms with Gasteiger partial charge in [-0.05, 0) is 55.3 Å². The molecule has 0 bridgehead atoms. The Balaban J connectivity index is 2.18. The quantitative estimate of drug-likeness (QED) is 0.688. The molecule has 0 spiro atoms. The highest BCUT2D eigenvalue weighted by atomic mass is 35.5. The first kappa shape index (κ1) is 20.6. The molecule has 26 heavy (non-hydrogen) atoms. The van der Waals surface area contributed by atoms with Crippen molar-refractivity contribution in [2.24, 2.45) is 0 Å². The zero-order chi connectivity index (χ0) is 19.3. The predicted molar refractivity (Wildman–Crippen MR) is 106 cm³/mol. The van der Waals surface area contributed by atoms with Gasteiger partial charge in [0.25, 0.3) is 15.9 Å². The lowest BCUT2D eigenvalue weighted by molar-refractivity contribution is 0.0935. The Morgan fingerprint density at radius 2 is 1.65 bits per heavy atom. The first-order chi connectivity index (χ1) is 12.3. The molecule has 8 heteroatoms. The fraction of sp³-hybridized carbons (Fsp3) is 0.278. The third-order valence-corrected chi connectivity index (χ3v) is 5.87. The van der Waals surface area contributed by atoms with Crippen molar-refractivity contribution in [2.75, 3.05) is 4.72 Å². The van der Waals surface area contributed by atoms with E-state index in [1.54, 1.807) is 0 Å². The number of nitrogens with one attached hydrogen (secondary N) is 2. The molecule has 0 unspecified atom stereocenters. The Hall–Kier alpha value is -1.76. The van der Waals surface area contributed by atoms with Crippen molar-refractivity contribution in [3.8, 4) is 0 Å². The molecule has 0 atom stereocenters. The van der Waals surface area contributed by atoms with Crippen LogP contribution in [0.15, 0.2) is 47.4 Å². The summed E-state index contributed by atoms with van der Waals surface area (Å²) >= 11 is 12.0. The lowest BCUT2D eigenvalue weighted by atomic mass is 10.1. The van der Waals surface area contributed by atoms with E-state index in [0.717, 1.165) is 12.8 Å². The Bertz CT molecular complexity index is 880. The summed E-state index contributed by atoms with van der Waals surface area (Å²) < 4.78 is 27.2. The summed E-state index contributed by atoms with van der Waals surface area (Å²) in [6.07, 6.45) is 1.64. The van der Waals surface area contributed by atoms with E-state index in [1.165, 1.54) is 42.5 Å². The summed E-state index contributed by atoms with van der Waals surface area (Å²) in [7, 11) is -3.77. The van der Waals surface area contributed by atoms with Crippen LogP contribution in [0.25, 0.3) is 0 Å². The van der Waals surface area contributed by atoms with Crippen LogP contribution in [0.3, 0.4) is 0 Å². The lowest BCUT2D eigenvalue weighted by Crippen LogP contribution is -2.33. The van der Waals surface area contributed by atoms with Crippen molar-refractivity contribution in [2.45, 2.75) is 37.6 Å². The second kappa shape index (κ2) is 8.75. The minimum atomic E-state index is -3.77. The van der Waals surface area contributed by atoms with E-state index < -0.39 is 10.0 Å². The number of carbonyl (C=O) groups is 1. The molecule has 2 aromatic carbocycles. The van der Waals surface area contributed by atoms with E-state index in [9.17, 15) is 13.2 Å². The fourth-order valence-corrected chi connectivity index (χ4v) is 3.79. The van der Waals surface area contributed by atoms with Crippen LogP contribution in [-0.2, 0) is 10.0 Å². The molecule has 0 aliphatic carbocycles. The van der Waals surface area contributed by atoms with E-state index in [4.69, 9.17) is 23.2 Å². The number of benzene rings is 2. The molecule has 0 aliphatic heterocycles. The first-order valence-corrected chi connectivity index (χ1v) is 10.4. The van der Waals surface area contributed by atoms with Crippen molar-refractivity contribution in [1.82, 2.24) is 5.32 Å². The Labute approximate surface area is 163 Å². The third kappa shape index (κ3) is 5.13. The van der Waals surface area contributed by atoms with E-state index >= 15 is 0 Å². The van der Waals surface area contributed by atoms with Gasteiger partial charge in [0, 0.05) is 11.1 Å². The lowest BCUT2D eigenvalue weighted by Gasteiger charge is -2.16. The number of carbonyl (C=O) groups excluding carboxylic acids is 1. The number of hydrogen-bond donors (Lipinski definition) is 2. The average molecular weight is 415 g/mol. The van der Waals surface area contributed by atoms with E-state index in [2.05, 4.69) is 10.0 Å². The molecule has 0 heterocycles. The molecule has 5 nitrogen and oxygen atoms in total. The maximum absolute atomic E-state index is 12.4. The van der Waals surface area contributed by atoms with Crippen LogP contribution in [0, 0.1) is 0 Å². The number of sulfonamides is 1. The maximum Gasteiger partial charge on any atom is 0.261 e. The molecular weight excluding hydrogens is 395 g/mol. The minimum absolute atomic E-state index is 0.0710. The average Bonchev–Trinajstić information content (AvgIpc) is 2.59. The fourth-order valence-electron chi connectivity index (χ4n) is 2.35. The van der Waals surface area contributed by atoms with Gasteiger partial charge >= 0.3 is 0 Å². The van der Waals surface area contributed by atoms with Crippen molar-refractivity contribution in [3.05, 3.63) is 58.1 Å². The van der Waals surface area contributed by atoms with E-state index in [0.29, 0.717) is 10.6 Å². The second-order valence-electron chi connectivity index (χ2n) is 5.74. The van der Waals surface area contributed by atoms with E-state index in [1.807, 2.05) is 13.8 Å². The molecule has 0 radical (unpaired) electrons. The molecule has 0 aliphatic rings. The second-order valence-corrected chi connectivity index (χ2v) is 8.27. The highest BCUT2D eigenvalue weighted by molar-refractivity contribution is 7.92. The normalized spacial score (nSPS) is 11.4. The van der Waals surface area contributed by atoms with Crippen molar-refractivity contribution in [3.63, 3.8) is 0 Å². The van der Waals surface area contributed by atoms with Gasteiger partial charge in [0.2, 0.25) is 0 Å². The van der Waals surface area contributed by atoms with Gasteiger partial charge in [0.1, 0.15) is 0 Å². The van der Waals surface area contributed by atoms with Crippen LogP contribution in [0.2, 0.25) is 10.0 Å². The number of hydrogen-bond acceptors (Lipinski definition) is 3. The summed E-state index contributed by atoms with van der Waals surface area (Å²) in [6, 6.07) is 10.3. The van der Waals surface area contributed by atoms with Crippen LogP contribution in [0.5, 0.6) is 0 Å². The van der Waals surface area contributed by atoms with Crippen LogP contribution >= 0.6 is 23.2 Å². The Kier molecular flexibility index (Phi) is 6.92. The molecule has 1 amide bonds. The Morgan fingerprint density at radius 1 is 1.04 bits per heavy atom. The standard InChI is InChI=1S/C18H20Cl2N2O3S/c1-3-13(4-2)21-18(23)16-10-7-14(11-17(16)20)22-26(24,25)15-8-5-12(19)6-9-15/h5-11,13,22H,3-4H2,1-2H3,(H,21,23). The van der Waals surface area contributed by atoms with Gasteiger partial charge in [0.05, 0.1) is 21.2 Å². The van der Waals surface area contributed by atoms with E-state index in [-0.39, 0.29) is 27.6 Å². The molecule has 0 saturated heterocycles. The molecule has 2 N–H and O–H groups in total. The van der Waals surface area contributed by atoms with Crippen LogP contribution in [0.1, 0.15) is 37.0 Å². The summed E-state index contributed by atoms with van der Waals surface area (Å²) in [4.78, 5) is 12.4. The molecule has 2 rings (SSSR count). The molecule has 0 saturated carbocycles. The predicted octanol–water partition coefficient (Wildman–Crippen LogP) is 4.71. The van der Waals surface area contributed by atoms with Crippen LogP contribution < -0.4 is 10.0 Å². The van der Waals surface area contributed by atoms with Gasteiger partial charge in [-0.2, -0.15) is 0 Å². The highest BCUT2D eigenvalue weighted by Gasteiger charge is 2.17. The summed E-state index contributed by atoms with van der Waals surface area (Å²) in [5.74, 6) is -0.282. The zero-order valence-electron chi connectivity index (χ0n) is 14.4. The van der Waals surface area contributed by atoms with Gasteiger partial charge < -0.3 is 5.32 Å².